The van der Waals surface area contributed by atoms with Crippen LogP contribution >= 0.6 is 0 Å². The average molecular weight is 392 g/mol. The Kier molecular flexibility index (Phi) is 7.00. The number of methoxy groups -OCH3 is 1. The average Bonchev–Trinajstić information content (AvgIpc) is 3.24. The summed E-state index contributed by atoms with van der Waals surface area (Å²) in [5, 5.41) is 9.81. The molecule has 150 valence electrons. The second-order valence-corrected chi connectivity index (χ2v) is 6.30. The fraction of sp³-hybridized carbons (Fsp3) is 0.227. The third kappa shape index (κ3) is 5.93. The Morgan fingerprint density at radius 1 is 1.10 bits per heavy atom. The van der Waals surface area contributed by atoms with Gasteiger partial charge in [0.25, 0.3) is 0 Å². The summed E-state index contributed by atoms with van der Waals surface area (Å²) in [7, 11) is 1.62. The van der Waals surface area contributed by atoms with Gasteiger partial charge >= 0.3 is 0 Å². The summed E-state index contributed by atoms with van der Waals surface area (Å²) in [6.45, 7) is 3.02. The van der Waals surface area contributed by atoms with Crippen molar-refractivity contribution in [2.45, 2.75) is 19.9 Å². The number of carbonyl (C=O) groups is 1. The van der Waals surface area contributed by atoms with Crippen LogP contribution in [0.25, 0.3) is 17.5 Å². The van der Waals surface area contributed by atoms with Gasteiger partial charge in [0.05, 0.1) is 20.3 Å². The molecule has 7 nitrogen and oxygen atoms in total. The van der Waals surface area contributed by atoms with Crippen molar-refractivity contribution in [2.24, 2.45) is 0 Å². The van der Waals surface area contributed by atoms with Gasteiger partial charge in [0.2, 0.25) is 5.91 Å². The quantitative estimate of drug-likeness (QED) is 0.543. The molecule has 29 heavy (non-hydrogen) atoms. The van der Waals surface area contributed by atoms with Crippen molar-refractivity contribution < 1.29 is 14.3 Å². The molecule has 0 bridgehead atoms. The molecule has 0 spiro atoms. The summed E-state index contributed by atoms with van der Waals surface area (Å²) < 4.78 is 10.7. The van der Waals surface area contributed by atoms with E-state index in [1.807, 2.05) is 48.5 Å². The van der Waals surface area contributed by atoms with Crippen LogP contribution in [0, 0.1) is 0 Å². The molecule has 0 atom stereocenters. The van der Waals surface area contributed by atoms with Gasteiger partial charge in [-0.3, -0.25) is 9.89 Å². The minimum absolute atomic E-state index is 0.210. The number of ether oxygens (including phenoxy) is 2. The summed E-state index contributed by atoms with van der Waals surface area (Å²) in [4.78, 5) is 16.4. The van der Waals surface area contributed by atoms with E-state index in [0.29, 0.717) is 18.3 Å². The highest BCUT2D eigenvalue weighted by Gasteiger charge is 2.07. The smallest absolute Gasteiger partial charge is 0.244 e. The molecular weight excluding hydrogens is 368 g/mol. The largest absolute Gasteiger partial charge is 0.497 e. The van der Waals surface area contributed by atoms with E-state index in [-0.39, 0.29) is 12.5 Å². The topological polar surface area (TPSA) is 89.1 Å². The van der Waals surface area contributed by atoms with Crippen molar-refractivity contribution in [2.75, 3.05) is 13.7 Å². The number of hydrogen-bond acceptors (Lipinski definition) is 5. The molecule has 3 aromatic rings. The van der Waals surface area contributed by atoms with E-state index in [4.69, 9.17) is 9.47 Å². The van der Waals surface area contributed by atoms with Crippen LogP contribution in [0.5, 0.6) is 11.5 Å². The van der Waals surface area contributed by atoms with Crippen LogP contribution in [-0.4, -0.2) is 34.8 Å². The van der Waals surface area contributed by atoms with E-state index in [1.54, 1.807) is 13.2 Å². The van der Waals surface area contributed by atoms with Crippen LogP contribution in [-0.2, 0) is 11.3 Å². The first-order valence-electron chi connectivity index (χ1n) is 9.42. The lowest BCUT2D eigenvalue weighted by molar-refractivity contribution is -0.116. The molecule has 3 rings (SSSR count). The predicted molar refractivity (Wildman–Crippen MR) is 111 cm³/mol. The lowest BCUT2D eigenvalue weighted by Gasteiger charge is -2.04. The van der Waals surface area contributed by atoms with Gasteiger partial charge in [-0.1, -0.05) is 19.1 Å². The Hall–Kier alpha value is -3.61. The Labute approximate surface area is 169 Å². The summed E-state index contributed by atoms with van der Waals surface area (Å²) in [6.07, 6.45) is 4.21. The van der Waals surface area contributed by atoms with Gasteiger partial charge in [-0.15, -0.1) is 0 Å². The van der Waals surface area contributed by atoms with Crippen LogP contribution in [0.1, 0.15) is 24.7 Å². The van der Waals surface area contributed by atoms with Crippen molar-refractivity contribution in [1.82, 2.24) is 20.5 Å². The highest BCUT2D eigenvalue weighted by atomic mass is 16.5. The van der Waals surface area contributed by atoms with Crippen molar-refractivity contribution in [3.05, 3.63) is 66.0 Å². The van der Waals surface area contributed by atoms with Crippen LogP contribution in [0.2, 0.25) is 0 Å². The molecule has 0 saturated carbocycles. The maximum absolute atomic E-state index is 12.0. The summed E-state index contributed by atoms with van der Waals surface area (Å²) in [5.74, 6) is 2.53. The minimum atomic E-state index is -0.210. The third-order valence-corrected chi connectivity index (χ3v) is 4.09. The molecule has 7 heteroatoms. The molecule has 0 aliphatic rings. The predicted octanol–water partition coefficient (Wildman–Crippen LogP) is 3.60. The lowest BCUT2D eigenvalue weighted by atomic mass is 10.2. The molecule has 0 saturated heterocycles. The van der Waals surface area contributed by atoms with Crippen molar-refractivity contribution >= 4 is 12.0 Å². The molecule has 0 aliphatic carbocycles. The number of nitrogens with one attached hydrogen (secondary N) is 2. The summed E-state index contributed by atoms with van der Waals surface area (Å²) >= 11 is 0. The van der Waals surface area contributed by atoms with Gasteiger partial charge in [0.15, 0.2) is 5.82 Å². The Morgan fingerprint density at radius 2 is 1.83 bits per heavy atom. The van der Waals surface area contributed by atoms with Crippen LogP contribution in [0.4, 0.5) is 0 Å². The fourth-order valence-electron chi connectivity index (χ4n) is 2.54. The number of hydrogen-bond donors (Lipinski definition) is 2. The zero-order chi connectivity index (χ0) is 20.5. The van der Waals surface area contributed by atoms with Gasteiger partial charge < -0.3 is 14.8 Å². The van der Waals surface area contributed by atoms with Crippen molar-refractivity contribution in [3.63, 3.8) is 0 Å². The zero-order valence-corrected chi connectivity index (χ0v) is 16.5. The maximum Gasteiger partial charge on any atom is 0.244 e. The SMILES string of the molecule is CCCOc1ccc(/C=C/C(=O)NCc2nc(-c3ccc(OC)cc3)n[nH]2)cc1. The molecule has 1 amide bonds. The van der Waals surface area contributed by atoms with Gasteiger partial charge in [0, 0.05) is 11.6 Å². The van der Waals surface area contributed by atoms with E-state index in [0.717, 1.165) is 29.0 Å². The van der Waals surface area contributed by atoms with Gasteiger partial charge in [-0.25, -0.2) is 4.98 Å². The molecule has 0 unspecified atom stereocenters. The molecular formula is C22H24N4O3. The molecule has 0 fully saturated rings. The number of amides is 1. The molecule has 2 aromatic carbocycles. The number of aromatic nitrogens is 3. The number of rotatable bonds is 9. The highest BCUT2D eigenvalue weighted by molar-refractivity contribution is 5.91. The van der Waals surface area contributed by atoms with Crippen LogP contribution < -0.4 is 14.8 Å². The Balaban J connectivity index is 1.50. The fourth-order valence-corrected chi connectivity index (χ4v) is 2.54. The van der Waals surface area contributed by atoms with E-state index in [1.165, 1.54) is 6.08 Å². The molecule has 2 N–H and O–H groups in total. The van der Waals surface area contributed by atoms with Crippen LogP contribution in [0.15, 0.2) is 54.6 Å². The van der Waals surface area contributed by atoms with Gasteiger partial charge in [-0.05, 0) is 54.5 Å². The van der Waals surface area contributed by atoms with Crippen molar-refractivity contribution in [1.29, 1.82) is 0 Å². The standard InChI is InChI=1S/C22H24N4O3/c1-3-14-29-19-9-4-16(5-10-19)6-13-21(27)23-15-20-24-22(26-25-20)17-7-11-18(28-2)12-8-17/h4-13H,3,14-15H2,1-2H3,(H,23,27)(H,24,25,26)/b13-6+. The molecule has 0 radical (unpaired) electrons. The number of nitrogens with zero attached hydrogens (tertiary/aromatic N) is 2. The number of benzene rings is 2. The molecule has 0 aliphatic heterocycles. The minimum Gasteiger partial charge on any atom is -0.497 e. The normalized spacial score (nSPS) is 10.8. The molecule has 1 aromatic heterocycles. The first-order valence-corrected chi connectivity index (χ1v) is 9.42. The Bertz CT molecular complexity index is 947. The Morgan fingerprint density at radius 3 is 2.52 bits per heavy atom. The van der Waals surface area contributed by atoms with Crippen LogP contribution in [0.3, 0.4) is 0 Å². The second-order valence-electron chi connectivity index (χ2n) is 6.30. The van der Waals surface area contributed by atoms with Crippen molar-refractivity contribution in [3.8, 4) is 22.9 Å². The van der Waals surface area contributed by atoms with E-state index >= 15 is 0 Å². The summed E-state index contributed by atoms with van der Waals surface area (Å²) in [5.41, 5.74) is 1.79. The summed E-state index contributed by atoms with van der Waals surface area (Å²) in [6, 6.07) is 15.1. The number of H-pyrrole nitrogens is 1. The zero-order valence-electron chi connectivity index (χ0n) is 16.5. The van der Waals surface area contributed by atoms with Gasteiger partial charge in [0.1, 0.15) is 17.3 Å². The van der Waals surface area contributed by atoms with E-state index in [2.05, 4.69) is 27.4 Å². The molecule has 1 heterocycles. The lowest BCUT2D eigenvalue weighted by Crippen LogP contribution is -2.20. The highest BCUT2D eigenvalue weighted by Crippen LogP contribution is 2.19. The van der Waals surface area contributed by atoms with E-state index < -0.39 is 0 Å². The van der Waals surface area contributed by atoms with Gasteiger partial charge in [-0.2, -0.15) is 5.10 Å². The maximum atomic E-state index is 12.0. The van der Waals surface area contributed by atoms with E-state index in [9.17, 15) is 4.79 Å². The monoisotopic (exact) mass is 392 g/mol. The first-order chi connectivity index (χ1) is 14.2. The third-order valence-electron chi connectivity index (χ3n) is 4.09. The number of carbonyl (C=O) groups excluding carboxylic acids is 1. The second kappa shape index (κ2) is 10.1. The first kappa shape index (κ1) is 20.1. The number of aromatic amines is 1.